The van der Waals surface area contributed by atoms with Gasteiger partial charge in [-0.3, -0.25) is 10.2 Å². The van der Waals surface area contributed by atoms with E-state index in [1.165, 1.54) is 24.3 Å². The second kappa shape index (κ2) is 10.3. The highest BCUT2D eigenvalue weighted by atomic mass is 16.3. The Morgan fingerprint density at radius 2 is 1.47 bits per heavy atom. The van der Waals surface area contributed by atoms with Crippen LogP contribution in [0.2, 0.25) is 0 Å². The molecule has 0 radical (unpaired) electrons. The molecule has 0 aromatic heterocycles. The second-order valence-corrected chi connectivity index (χ2v) is 7.59. The minimum absolute atomic E-state index is 0.0385. The number of azo groups is 1. The molecule has 1 aliphatic rings. The molecule has 0 bridgehead atoms. The van der Waals surface area contributed by atoms with Gasteiger partial charge in [-0.05, 0) is 47.5 Å². The molecule has 0 amide bonds. The smallest absolute Gasteiger partial charge is 0.159 e. The van der Waals surface area contributed by atoms with Gasteiger partial charge in [0.15, 0.2) is 5.78 Å². The van der Waals surface area contributed by atoms with E-state index in [4.69, 9.17) is 0 Å². The molecule has 34 heavy (non-hydrogen) atoms. The van der Waals surface area contributed by atoms with E-state index in [-0.39, 0.29) is 28.7 Å². The van der Waals surface area contributed by atoms with Crippen molar-refractivity contribution in [2.24, 2.45) is 15.3 Å². The quantitative estimate of drug-likeness (QED) is 0.199. The number of hydrogen-bond donors (Lipinski definition) is 4. The number of rotatable bonds is 6. The Morgan fingerprint density at radius 1 is 0.794 bits per heavy atom. The first-order valence-electron chi connectivity index (χ1n) is 10.5. The molecule has 0 saturated carbocycles. The number of hydrogen-bond acceptors (Lipinski definition) is 8. The molecule has 3 aromatic rings. The predicted molar refractivity (Wildman–Crippen MR) is 132 cm³/mol. The van der Waals surface area contributed by atoms with Gasteiger partial charge in [0.05, 0.1) is 11.4 Å². The van der Waals surface area contributed by atoms with E-state index in [1.54, 1.807) is 0 Å². The monoisotopic (exact) mass is 454 g/mol. The van der Waals surface area contributed by atoms with Crippen molar-refractivity contribution >= 4 is 40.7 Å². The van der Waals surface area contributed by atoms with Gasteiger partial charge in [0.2, 0.25) is 0 Å². The van der Waals surface area contributed by atoms with Crippen molar-refractivity contribution in [3.8, 4) is 11.5 Å². The summed E-state index contributed by atoms with van der Waals surface area (Å²) in [6.45, 7) is 0. The van der Waals surface area contributed by atoms with Gasteiger partial charge in [0.25, 0.3) is 0 Å². The summed E-state index contributed by atoms with van der Waals surface area (Å²) in [5.74, 6) is -0.365. The van der Waals surface area contributed by atoms with Crippen LogP contribution in [0.4, 0.5) is 17.1 Å². The Balaban J connectivity index is 1.35. The Hall–Kier alpha value is -4.72. The summed E-state index contributed by atoms with van der Waals surface area (Å²) in [4.78, 5) is 11.3. The molecular weight excluding hydrogens is 432 g/mol. The molecular formula is C26H22N4O4. The number of ketones is 1. The molecule has 170 valence electrons. The van der Waals surface area contributed by atoms with Crippen LogP contribution in [0.3, 0.4) is 0 Å². The summed E-state index contributed by atoms with van der Waals surface area (Å²) in [6, 6.07) is 19.2. The number of allylic oxidation sites excluding steroid dienone is 2. The van der Waals surface area contributed by atoms with Gasteiger partial charge in [-0.25, -0.2) is 0 Å². The van der Waals surface area contributed by atoms with Gasteiger partial charge in [-0.15, -0.1) is 5.11 Å². The van der Waals surface area contributed by atoms with Crippen LogP contribution in [-0.4, -0.2) is 26.8 Å². The van der Waals surface area contributed by atoms with Gasteiger partial charge in [0.1, 0.15) is 28.7 Å². The third-order valence-corrected chi connectivity index (χ3v) is 5.03. The first-order chi connectivity index (χ1) is 16.5. The molecule has 8 heteroatoms. The van der Waals surface area contributed by atoms with Crippen LogP contribution in [-0.2, 0) is 4.79 Å². The van der Waals surface area contributed by atoms with Gasteiger partial charge in [-0.1, -0.05) is 36.4 Å². The summed E-state index contributed by atoms with van der Waals surface area (Å²) in [7, 11) is 0. The second-order valence-electron chi connectivity index (χ2n) is 7.59. The molecule has 4 rings (SSSR count). The van der Waals surface area contributed by atoms with Crippen LogP contribution >= 0.6 is 0 Å². The lowest BCUT2D eigenvalue weighted by atomic mass is 10.0. The highest BCUT2D eigenvalue weighted by Crippen LogP contribution is 2.31. The molecule has 0 spiro atoms. The van der Waals surface area contributed by atoms with Crippen LogP contribution in [0.1, 0.15) is 24.0 Å². The summed E-state index contributed by atoms with van der Waals surface area (Å²) in [5.41, 5.74) is 7.01. The highest BCUT2D eigenvalue weighted by Gasteiger charge is 2.15. The molecule has 3 aromatic carbocycles. The summed E-state index contributed by atoms with van der Waals surface area (Å²) < 4.78 is 0. The number of carbonyl (C=O) groups excluding carboxylic acids is 1. The molecule has 4 N–H and O–H groups in total. The number of aliphatic hydroxyl groups excluding tert-OH is 1. The lowest BCUT2D eigenvalue weighted by Gasteiger charge is -2.10. The average Bonchev–Trinajstić information content (AvgIpc) is 2.83. The molecule has 0 unspecified atom stereocenters. The van der Waals surface area contributed by atoms with Crippen molar-refractivity contribution in [2.75, 3.05) is 5.43 Å². The number of aromatic hydroxyl groups is 2. The van der Waals surface area contributed by atoms with Gasteiger partial charge < -0.3 is 15.3 Å². The van der Waals surface area contributed by atoms with Gasteiger partial charge in [-0.2, -0.15) is 10.2 Å². The first kappa shape index (κ1) is 22.5. The Labute approximate surface area is 195 Å². The normalized spacial score (nSPS) is 15.2. The van der Waals surface area contributed by atoms with E-state index in [0.29, 0.717) is 24.2 Å². The van der Waals surface area contributed by atoms with Gasteiger partial charge in [0, 0.05) is 25.0 Å². The SMILES string of the molecule is O=C1C=C(O)/C(=N\Nc2ccc(/C=C\c3ccc(N=Nc4ccc(O)cc4O)cc3)cc2)CC1. The maximum Gasteiger partial charge on any atom is 0.159 e. The Bertz CT molecular complexity index is 1310. The maximum atomic E-state index is 11.3. The number of benzene rings is 3. The van der Waals surface area contributed by atoms with Crippen LogP contribution < -0.4 is 5.43 Å². The highest BCUT2D eigenvalue weighted by molar-refractivity contribution is 6.09. The minimum atomic E-state index is -0.141. The van der Waals surface area contributed by atoms with Crippen molar-refractivity contribution in [1.82, 2.24) is 0 Å². The standard InChI is InChI=1S/C26H22N4O4/c31-21-11-13-23(25(33)15-21)29-27-19-7-3-17(4-8-19)1-2-18-5-9-20(10-6-18)28-30-24-14-12-22(32)16-26(24)34/h1-11,13,15-16,28,31,33-34H,12,14H2/b2-1-,29-27?,30-24-. The maximum absolute atomic E-state index is 11.3. The molecule has 1 aliphatic carbocycles. The zero-order chi connectivity index (χ0) is 23.9. The molecule has 0 aliphatic heterocycles. The largest absolute Gasteiger partial charge is 0.508 e. The summed E-state index contributed by atoms with van der Waals surface area (Å²) in [6.07, 6.45) is 5.90. The minimum Gasteiger partial charge on any atom is -0.508 e. The Kier molecular flexibility index (Phi) is 6.78. The summed E-state index contributed by atoms with van der Waals surface area (Å²) >= 11 is 0. The number of anilines is 1. The molecule has 0 atom stereocenters. The van der Waals surface area contributed by atoms with Crippen molar-refractivity contribution in [3.63, 3.8) is 0 Å². The lowest BCUT2D eigenvalue weighted by Crippen LogP contribution is -2.14. The van der Waals surface area contributed by atoms with Crippen LogP contribution in [0.25, 0.3) is 12.2 Å². The van der Waals surface area contributed by atoms with Crippen molar-refractivity contribution in [2.45, 2.75) is 12.8 Å². The molecule has 0 saturated heterocycles. The topological polar surface area (TPSA) is 127 Å². The van der Waals surface area contributed by atoms with E-state index >= 15 is 0 Å². The van der Waals surface area contributed by atoms with E-state index in [9.17, 15) is 20.1 Å². The average molecular weight is 454 g/mol. The Morgan fingerprint density at radius 3 is 2.12 bits per heavy atom. The fraction of sp³-hybridized carbons (Fsp3) is 0.0769. The van der Waals surface area contributed by atoms with Crippen molar-refractivity contribution in [1.29, 1.82) is 0 Å². The van der Waals surface area contributed by atoms with E-state index < -0.39 is 0 Å². The third kappa shape index (κ3) is 5.95. The summed E-state index contributed by atoms with van der Waals surface area (Å²) in [5, 5.41) is 41.2. The number of aliphatic hydroxyl groups is 1. The van der Waals surface area contributed by atoms with Crippen LogP contribution in [0, 0.1) is 0 Å². The zero-order valence-electron chi connectivity index (χ0n) is 18.1. The van der Waals surface area contributed by atoms with Crippen LogP contribution in [0.15, 0.2) is 93.9 Å². The van der Waals surface area contributed by atoms with Gasteiger partial charge >= 0.3 is 0 Å². The fourth-order valence-corrected chi connectivity index (χ4v) is 3.14. The number of nitrogens with one attached hydrogen (secondary N) is 1. The molecule has 0 fully saturated rings. The van der Waals surface area contributed by atoms with Crippen molar-refractivity contribution < 1.29 is 20.1 Å². The third-order valence-electron chi connectivity index (χ3n) is 5.03. The van der Waals surface area contributed by atoms with Crippen LogP contribution in [0.5, 0.6) is 11.5 Å². The van der Waals surface area contributed by atoms with E-state index in [0.717, 1.165) is 16.8 Å². The number of phenolic OH excluding ortho intramolecular Hbond substituents is 2. The molecule has 0 heterocycles. The number of nitrogens with zero attached hydrogens (tertiary/aromatic N) is 3. The van der Waals surface area contributed by atoms with E-state index in [1.807, 2.05) is 60.7 Å². The zero-order valence-corrected chi connectivity index (χ0v) is 18.1. The molecule has 8 nitrogen and oxygen atoms in total. The number of phenols is 2. The lowest BCUT2D eigenvalue weighted by molar-refractivity contribution is -0.114. The number of hydrazone groups is 1. The van der Waals surface area contributed by atoms with E-state index in [2.05, 4.69) is 20.8 Å². The fourth-order valence-electron chi connectivity index (χ4n) is 3.14. The predicted octanol–water partition coefficient (Wildman–Crippen LogP) is 6.26. The van der Waals surface area contributed by atoms with Crippen molar-refractivity contribution in [3.05, 3.63) is 89.7 Å². The first-order valence-corrected chi connectivity index (χ1v) is 10.5. The number of carbonyl (C=O) groups is 1.